The monoisotopic (exact) mass is 454 g/mol. The molecule has 0 radical (unpaired) electrons. The third-order valence-electron chi connectivity index (χ3n) is 7.20. The van der Waals surface area contributed by atoms with Gasteiger partial charge in [-0.25, -0.2) is 13.8 Å². The number of benzene rings is 1. The molecule has 0 saturated heterocycles. The average Bonchev–Trinajstić information content (AvgIpc) is 3.30. The molecule has 4 atom stereocenters. The van der Waals surface area contributed by atoms with Gasteiger partial charge in [-0.3, -0.25) is 9.48 Å². The minimum atomic E-state index is -0.910. The maximum absolute atomic E-state index is 13.8. The molecule has 2 aromatic heterocycles. The van der Waals surface area contributed by atoms with E-state index in [4.69, 9.17) is 5.41 Å². The maximum atomic E-state index is 13.8. The number of carbonyl (C=O) groups excluding carboxylic acids is 1. The topological polar surface area (TPSA) is 88.6 Å². The SMILES string of the molecule is CC(C[C@H]1C[C@H](n2cnc3cc(F)c(F)cc32)C[C@H]1C=N)C(=O)Nc1cc(C2CC2)nn1C. The highest BCUT2D eigenvalue weighted by Gasteiger charge is 2.36. The van der Waals surface area contributed by atoms with Crippen LogP contribution in [0.15, 0.2) is 24.5 Å². The Labute approximate surface area is 190 Å². The van der Waals surface area contributed by atoms with Crippen molar-refractivity contribution in [2.75, 3.05) is 5.32 Å². The first-order valence-electron chi connectivity index (χ1n) is 11.5. The number of rotatable bonds is 7. The second-order valence-electron chi connectivity index (χ2n) is 9.60. The van der Waals surface area contributed by atoms with Crippen LogP contribution in [0.5, 0.6) is 0 Å². The average molecular weight is 455 g/mol. The van der Waals surface area contributed by atoms with E-state index >= 15 is 0 Å². The van der Waals surface area contributed by atoms with E-state index in [9.17, 15) is 13.6 Å². The minimum absolute atomic E-state index is 0.0184. The molecule has 1 amide bonds. The lowest BCUT2D eigenvalue weighted by atomic mass is 9.87. The molecule has 9 heteroatoms. The molecule has 2 aliphatic carbocycles. The van der Waals surface area contributed by atoms with Crippen molar-refractivity contribution in [2.24, 2.45) is 24.8 Å². The van der Waals surface area contributed by atoms with Crippen molar-refractivity contribution in [3.8, 4) is 0 Å². The second kappa shape index (κ2) is 8.35. The Kier molecular flexibility index (Phi) is 5.50. The molecule has 2 fully saturated rings. The van der Waals surface area contributed by atoms with E-state index in [-0.39, 0.29) is 29.7 Å². The lowest BCUT2D eigenvalue weighted by molar-refractivity contribution is -0.120. The molecule has 2 heterocycles. The molecule has 174 valence electrons. The quantitative estimate of drug-likeness (QED) is 0.502. The van der Waals surface area contributed by atoms with Crippen molar-refractivity contribution in [3.63, 3.8) is 0 Å². The predicted molar refractivity (Wildman–Crippen MR) is 121 cm³/mol. The third kappa shape index (κ3) is 4.16. The van der Waals surface area contributed by atoms with Crippen LogP contribution in [-0.2, 0) is 11.8 Å². The van der Waals surface area contributed by atoms with Crippen LogP contribution >= 0.6 is 0 Å². The largest absolute Gasteiger partial charge is 0.327 e. The van der Waals surface area contributed by atoms with Crippen molar-refractivity contribution < 1.29 is 13.6 Å². The summed E-state index contributed by atoms with van der Waals surface area (Å²) in [6.07, 6.45) is 7.49. The Bertz CT molecular complexity index is 1210. The number of hydrogen-bond acceptors (Lipinski definition) is 4. The van der Waals surface area contributed by atoms with E-state index < -0.39 is 11.6 Å². The van der Waals surface area contributed by atoms with E-state index in [0.29, 0.717) is 35.6 Å². The summed E-state index contributed by atoms with van der Waals surface area (Å²) in [7, 11) is 1.84. The van der Waals surface area contributed by atoms with Gasteiger partial charge in [0, 0.05) is 43.1 Å². The molecule has 2 aliphatic rings. The second-order valence-corrected chi connectivity index (χ2v) is 9.60. The molecule has 0 spiro atoms. The number of anilines is 1. The summed E-state index contributed by atoms with van der Waals surface area (Å²) in [5, 5.41) is 15.4. The van der Waals surface area contributed by atoms with Crippen LogP contribution in [0.25, 0.3) is 11.0 Å². The molecular formula is C24H28F2N6O. The van der Waals surface area contributed by atoms with E-state index in [0.717, 1.165) is 31.0 Å². The molecule has 7 nitrogen and oxygen atoms in total. The van der Waals surface area contributed by atoms with Crippen molar-refractivity contribution in [3.05, 3.63) is 41.9 Å². The zero-order valence-electron chi connectivity index (χ0n) is 18.8. The molecule has 5 rings (SSSR count). The Morgan fingerprint density at radius 2 is 2.03 bits per heavy atom. The van der Waals surface area contributed by atoms with Crippen molar-refractivity contribution in [2.45, 2.75) is 51.0 Å². The fraction of sp³-hybridized carbons (Fsp3) is 0.500. The fourth-order valence-electron chi connectivity index (χ4n) is 5.14. The molecule has 2 saturated carbocycles. The number of carbonyl (C=O) groups is 1. The van der Waals surface area contributed by atoms with E-state index in [1.807, 2.05) is 24.6 Å². The highest BCUT2D eigenvalue weighted by atomic mass is 19.2. The number of halogens is 2. The lowest BCUT2D eigenvalue weighted by Gasteiger charge is -2.20. The highest BCUT2D eigenvalue weighted by molar-refractivity contribution is 5.91. The van der Waals surface area contributed by atoms with Gasteiger partial charge in [0.05, 0.1) is 23.1 Å². The van der Waals surface area contributed by atoms with Crippen LogP contribution in [0.4, 0.5) is 14.6 Å². The van der Waals surface area contributed by atoms with Crippen molar-refractivity contribution in [1.29, 1.82) is 5.41 Å². The van der Waals surface area contributed by atoms with Crippen molar-refractivity contribution in [1.82, 2.24) is 19.3 Å². The number of amides is 1. The number of nitrogens with zero attached hydrogens (tertiary/aromatic N) is 4. The number of fused-ring (bicyclic) bond motifs is 1. The first-order valence-corrected chi connectivity index (χ1v) is 11.5. The molecule has 0 bridgehead atoms. The Morgan fingerprint density at radius 1 is 1.27 bits per heavy atom. The first-order chi connectivity index (χ1) is 15.8. The highest BCUT2D eigenvalue weighted by Crippen LogP contribution is 2.43. The molecule has 0 aliphatic heterocycles. The van der Waals surface area contributed by atoms with Gasteiger partial charge in [0.25, 0.3) is 0 Å². The number of imidazole rings is 1. The van der Waals surface area contributed by atoms with Gasteiger partial charge >= 0.3 is 0 Å². The van der Waals surface area contributed by atoms with Crippen LogP contribution in [0.2, 0.25) is 0 Å². The summed E-state index contributed by atoms with van der Waals surface area (Å²) < 4.78 is 31.0. The number of hydrogen-bond donors (Lipinski definition) is 2. The minimum Gasteiger partial charge on any atom is -0.327 e. The smallest absolute Gasteiger partial charge is 0.228 e. The first kappa shape index (κ1) is 21.7. The summed E-state index contributed by atoms with van der Waals surface area (Å²) in [4.78, 5) is 17.1. The summed E-state index contributed by atoms with van der Waals surface area (Å²) in [6, 6.07) is 4.27. The standard InChI is InChI=1S/C24H28F2N6O/c1-13(24(33)29-23-10-20(14-3-4-14)30-31(23)2)5-15-6-17(7-16(15)11-27)32-12-28-21-8-18(25)19(26)9-22(21)32/h8-17,27H,3-7H2,1-2H3,(H,29,33)/t13?,15-,16-,17-/m0/s1. The van der Waals surface area contributed by atoms with Gasteiger partial charge in [-0.2, -0.15) is 5.10 Å². The van der Waals surface area contributed by atoms with E-state index in [1.165, 1.54) is 12.3 Å². The van der Waals surface area contributed by atoms with Gasteiger partial charge in [0.1, 0.15) is 5.82 Å². The molecule has 2 N–H and O–H groups in total. The van der Waals surface area contributed by atoms with Crippen molar-refractivity contribution >= 4 is 29.0 Å². The zero-order chi connectivity index (χ0) is 23.3. The normalized spacial score (nSPS) is 23.7. The molecule has 3 aromatic rings. The zero-order valence-corrected chi connectivity index (χ0v) is 18.8. The third-order valence-corrected chi connectivity index (χ3v) is 7.20. The van der Waals surface area contributed by atoms with Gasteiger partial charge in [-0.1, -0.05) is 6.92 Å². The predicted octanol–water partition coefficient (Wildman–Crippen LogP) is 4.81. The van der Waals surface area contributed by atoms with Crippen LogP contribution in [0.1, 0.15) is 56.7 Å². The Morgan fingerprint density at radius 3 is 2.76 bits per heavy atom. The summed E-state index contributed by atoms with van der Waals surface area (Å²) in [6.45, 7) is 1.91. The van der Waals surface area contributed by atoms with Crippen LogP contribution in [0.3, 0.4) is 0 Å². The fourth-order valence-corrected chi connectivity index (χ4v) is 5.14. The van der Waals surface area contributed by atoms with E-state index in [1.54, 1.807) is 11.0 Å². The lowest BCUT2D eigenvalue weighted by Crippen LogP contribution is -2.25. The molecule has 1 aromatic carbocycles. The van der Waals surface area contributed by atoms with Crippen LogP contribution in [-0.4, -0.2) is 31.5 Å². The van der Waals surface area contributed by atoms with E-state index in [2.05, 4.69) is 15.4 Å². The van der Waals surface area contributed by atoms with Crippen LogP contribution in [0, 0.1) is 34.8 Å². The van der Waals surface area contributed by atoms with Gasteiger partial charge in [-0.05, 0) is 50.2 Å². The van der Waals surface area contributed by atoms with Crippen LogP contribution < -0.4 is 5.32 Å². The van der Waals surface area contributed by atoms with Gasteiger partial charge in [0.15, 0.2) is 11.6 Å². The summed E-state index contributed by atoms with van der Waals surface area (Å²) in [5.74, 6) is -0.705. The Balaban J connectivity index is 1.27. The summed E-state index contributed by atoms with van der Waals surface area (Å²) in [5.41, 5.74) is 2.00. The Hall–Kier alpha value is -3.10. The van der Waals surface area contributed by atoms with Gasteiger partial charge < -0.3 is 15.3 Å². The number of nitrogens with one attached hydrogen (secondary N) is 2. The number of aryl methyl sites for hydroxylation is 1. The molecular weight excluding hydrogens is 426 g/mol. The molecule has 33 heavy (non-hydrogen) atoms. The molecule has 1 unspecified atom stereocenters. The number of aromatic nitrogens is 4. The van der Waals surface area contributed by atoms with Gasteiger partial charge in [-0.15, -0.1) is 0 Å². The maximum Gasteiger partial charge on any atom is 0.228 e. The summed E-state index contributed by atoms with van der Waals surface area (Å²) >= 11 is 0. The van der Waals surface area contributed by atoms with Gasteiger partial charge in [0.2, 0.25) is 5.91 Å².